The van der Waals surface area contributed by atoms with Crippen LogP contribution < -0.4 is 0 Å². The highest BCUT2D eigenvalue weighted by atomic mass is 16.3. The maximum Gasteiger partial charge on any atom is 0.0961 e. The summed E-state index contributed by atoms with van der Waals surface area (Å²) in [5, 5.41) is 19.2. The van der Waals surface area contributed by atoms with Crippen LogP contribution >= 0.6 is 0 Å². The fourth-order valence-electron chi connectivity index (χ4n) is 2.21. The minimum absolute atomic E-state index is 0.155. The Balaban J connectivity index is 2.64. The highest BCUT2D eigenvalue weighted by Crippen LogP contribution is 2.11. The maximum absolute atomic E-state index is 9.98. The molecule has 112 valence electrons. The van der Waals surface area contributed by atoms with E-state index in [0.29, 0.717) is 0 Å². The number of unbranched alkanes of at least 4 members (excludes halogenated alkanes) is 2. The van der Waals surface area contributed by atoms with Gasteiger partial charge in [0, 0.05) is 6.54 Å². The highest BCUT2D eigenvalue weighted by Gasteiger charge is 2.20. The van der Waals surface area contributed by atoms with Crippen LogP contribution in [0.2, 0.25) is 0 Å². The zero-order valence-corrected chi connectivity index (χ0v) is 12.6. The van der Waals surface area contributed by atoms with Crippen molar-refractivity contribution in [2.75, 3.05) is 13.7 Å². The van der Waals surface area contributed by atoms with Gasteiger partial charge in [-0.2, -0.15) is 0 Å². The Morgan fingerprint density at radius 1 is 1.25 bits per heavy atom. The number of aliphatic hydroxyl groups excluding tert-OH is 2. The smallest absolute Gasteiger partial charge is 0.0961 e. The molecule has 1 aromatic rings. The second-order valence-electron chi connectivity index (χ2n) is 5.21. The number of nitrogens with zero attached hydrogens (tertiary/aromatic N) is 1. The molecule has 0 heterocycles. The Hall–Kier alpha value is -1.16. The van der Waals surface area contributed by atoms with Crippen LogP contribution in [0.4, 0.5) is 0 Å². The van der Waals surface area contributed by atoms with Crippen molar-refractivity contribution in [3.8, 4) is 0 Å². The number of likely N-dealkylation sites (N-methyl/N-ethyl adjacent to an activating group) is 1. The van der Waals surface area contributed by atoms with Gasteiger partial charge in [-0.25, -0.2) is 0 Å². The summed E-state index contributed by atoms with van der Waals surface area (Å²) < 4.78 is 0. The molecule has 1 aromatic carbocycles. The third-order valence-corrected chi connectivity index (χ3v) is 3.42. The van der Waals surface area contributed by atoms with Gasteiger partial charge in [0.1, 0.15) is 0 Å². The molecule has 0 spiro atoms. The maximum atomic E-state index is 9.98. The van der Waals surface area contributed by atoms with Crippen LogP contribution in [0.5, 0.6) is 0 Å². The van der Waals surface area contributed by atoms with E-state index in [2.05, 4.69) is 30.0 Å². The van der Waals surface area contributed by atoms with Gasteiger partial charge in [-0.3, -0.25) is 4.90 Å². The van der Waals surface area contributed by atoms with Crippen LogP contribution in [-0.4, -0.2) is 40.9 Å². The highest BCUT2D eigenvalue weighted by molar-refractivity contribution is 5.15. The average molecular weight is 277 g/mol. The number of benzene rings is 1. The minimum atomic E-state index is -0.749. The van der Waals surface area contributed by atoms with Gasteiger partial charge >= 0.3 is 0 Å². The van der Waals surface area contributed by atoms with Crippen molar-refractivity contribution in [2.24, 2.45) is 0 Å². The quantitative estimate of drug-likeness (QED) is 0.538. The first-order chi connectivity index (χ1) is 9.69. The van der Waals surface area contributed by atoms with Gasteiger partial charge in [-0.15, -0.1) is 0 Å². The lowest BCUT2D eigenvalue weighted by atomic mass is 10.1. The molecule has 0 aromatic heterocycles. The van der Waals surface area contributed by atoms with Crippen molar-refractivity contribution in [1.29, 1.82) is 0 Å². The summed E-state index contributed by atoms with van der Waals surface area (Å²) in [5.74, 6) is 0. The predicted octanol–water partition coefficient (Wildman–Crippen LogP) is 2.59. The van der Waals surface area contributed by atoms with E-state index in [1.165, 1.54) is 5.56 Å². The Bertz CT molecular complexity index is 378. The lowest BCUT2D eigenvalue weighted by Crippen LogP contribution is -2.41. The van der Waals surface area contributed by atoms with Crippen molar-refractivity contribution in [1.82, 2.24) is 4.90 Å². The standard InChI is InChI=1S/C17H27NO2/c1-3-4-5-9-12-16(17(20)14-19)18(2)13-15-10-7-6-8-11-15/h6-12,16-17,19-20H,3-5,13-14H2,1-2H3/b12-9+/t16-,17+/m1/s1. The van der Waals surface area contributed by atoms with Gasteiger partial charge in [-0.05, 0) is 19.0 Å². The van der Waals surface area contributed by atoms with E-state index in [4.69, 9.17) is 0 Å². The number of hydrogen-bond donors (Lipinski definition) is 2. The van der Waals surface area contributed by atoms with Crippen molar-refractivity contribution in [2.45, 2.75) is 44.9 Å². The van der Waals surface area contributed by atoms with E-state index >= 15 is 0 Å². The lowest BCUT2D eigenvalue weighted by molar-refractivity contribution is 0.0362. The average Bonchev–Trinajstić information content (AvgIpc) is 2.47. The Morgan fingerprint density at radius 3 is 2.55 bits per heavy atom. The van der Waals surface area contributed by atoms with Crippen LogP contribution in [-0.2, 0) is 6.54 Å². The van der Waals surface area contributed by atoms with Crippen LogP contribution in [0, 0.1) is 0 Å². The monoisotopic (exact) mass is 277 g/mol. The number of hydrogen-bond acceptors (Lipinski definition) is 3. The molecule has 0 bridgehead atoms. The first kappa shape index (κ1) is 16.9. The molecular formula is C17H27NO2. The molecule has 0 saturated heterocycles. The Labute approximate surface area is 122 Å². The zero-order valence-electron chi connectivity index (χ0n) is 12.6. The van der Waals surface area contributed by atoms with E-state index < -0.39 is 6.10 Å². The normalized spacial score (nSPS) is 14.8. The molecule has 1 rings (SSSR count). The van der Waals surface area contributed by atoms with E-state index in [0.717, 1.165) is 25.8 Å². The SMILES string of the molecule is CCCC/C=C/[C@H]([C@@H](O)CO)N(C)Cc1ccccc1. The summed E-state index contributed by atoms with van der Waals surface area (Å²) in [4.78, 5) is 2.07. The number of aliphatic hydroxyl groups is 2. The summed E-state index contributed by atoms with van der Waals surface area (Å²) in [6.07, 6.45) is 6.71. The molecule has 0 radical (unpaired) electrons. The van der Waals surface area contributed by atoms with Gasteiger partial charge in [0.05, 0.1) is 18.8 Å². The second kappa shape index (κ2) is 9.70. The molecule has 2 atom stereocenters. The molecule has 0 aliphatic rings. The zero-order chi connectivity index (χ0) is 14.8. The minimum Gasteiger partial charge on any atom is -0.394 e. The van der Waals surface area contributed by atoms with E-state index in [1.807, 2.05) is 31.3 Å². The predicted molar refractivity (Wildman–Crippen MR) is 83.5 cm³/mol. The number of allylic oxidation sites excluding steroid dienone is 1. The second-order valence-corrected chi connectivity index (χ2v) is 5.21. The van der Waals surface area contributed by atoms with Crippen LogP contribution in [0.3, 0.4) is 0 Å². The van der Waals surface area contributed by atoms with Crippen LogP contribution in [0.15, 0.2) is 42.5 Å². The molecule has 0 amide bonds. The first-order valence-corrected chi connectivity index (χ1v) is 7.38. The molecular weight excluding hydrogens is 250 g/mol. The molecule has 0 saturated carbocycles. The van der Waals surface area contributed by atoms with Crippen LogP contribution in [0.25, 0.3) is 0 Å². The summed E-state index contributed by atoms with van der Waals surface area (Å²) in [6.45, 7) is 2.69. The fraction of sp³-hybridized carbons (Fsp3) is 0.529. The topological polar surface area (TPSA) is 43.7 Å². The Kier molecular flexibility index (Phi) is 8.19. The van der Waals surface area contributed by atoms with Gasteiger partial charge < -0.3 is 10.2 Å². The van der Waals surface area contributed by atoms with Crippen molar-refractivity contribution in [3.63, 3.8) is 0 Å². The van der Waals surface area contributed by atoms with Crippen molar-refractivity contribution >= 4 is 0 Å². The molecule has 0 aliphatic carbocycles. The molecule has 0 aliphatic heterocycles. The molecule has 0 unspecified atom stereocenters. The third kappa shape index (κ3) is 5.87. The van der Waals surface area contributed by atoms with Crippen molar-refractivity contribution < 1.29 is 10.2 Å². The third-order valence-electron chi connectivity index (χ3n) is 3.42. The van der Waals surface area contributed by atoms with Gasteiger partial charge in [-0.1, -0.05) is 62.2 Å². The molecule has 3 heteroatoms. The summed E-state index contributed by atoms with van der Waals surface area (Å²) >= 11 is 0. The lowest BCUT2D eigenvalue weighted by Gasteiger charge is -2.29. The molecule has 0 fully saturated rings. The Morgan fingerprint density at radius 2 is 1.95 bits per heavy atom. The van der Waals surface area contributed by atoms with Gasteiger partial charge in [0.2, 0.25) is 0 Å². The van der Waals surface area contributed by atoms with E-state index in [1.54, 1.807) is 0 Å². The summed E-state index contributed by atoms with van der Waals surface area (Å²) in [5.41, 5.74) is 1.20. The summed E-state index contributed by atoms with van der Waals surface area (Å²) in [7, 11) is 1.97. The molecule has 3 nitrogen and oxygen atoms in total. The first-order valence-electron chi connectivity index (χ1n) is 7.38. The van der Waals surface area contributed by atoms with E-state index in [9.17, 15) is 10.2 Å². The number of rotatable bonds is 9. The molecule has 20 heavy (non-hydrogen) atoms. The van der Waals surface area contributed by atoms with Gasteiger partial charge in [0.15, 0.2) is 0 Å². The van der Waals surface area contributed by atoms with Crippen LogP contribution in [0.1, 0.15) is 31.7 Å². The summed E-state index contributed by atoms with van der Waals surface area (Å²) in [6, 6.07) is 10.0. The fourth-order valence-corrected chi connectivity index (χ4v) is 2.21. The molecule has 2 N–H and O–H groups in total. The van der Waals surface area contributed by atoms with Crippen molar-refractivity contribution in [3.05, 3.63) is 48.0 Å². The van der Waals surface area contributed by atoms with E-state index in [-0.39, 0.29) is 12.6 Å². The largest absolute Gasteiger partial charge is 0.394 e. The van der Waals surface area contributed by atoms with Gasteiger partial charge in [0.25, 0.3) is 0 Å².